The first-order valence-corrected chi connectivity index (χ1v) is 14.0. The van der Waals surface area contributed by atoms with Crippen molar-refractivity contribution in [1.82, 2.24) is 9.80 Å². The topological polar surface area (TPSA) is 53.0 Å². The molecule has 0 aromatic heterocycles. The zero-order chi connectivity index (χ0) is 26.6. The number of hydrogen-bond acceptors (Lipinski definition) is 4. The molecule has 0 bridgehead atoms. The lowest BCUT2D eigenvalue weighted by Crippen LogP contribution is -2.63. The van der Waals surface area contributed by atoms with Crippen molar-refractivity contribution >= 4 is 5.91 Å². The maximum absolute atomic E-state index is 13.1. The van der Waals surface area contributed by atoms with Crippen LogP contribution in [0.15, 0.2) is 24.3 Å². The van der Waals surface area contributed by atoms with Crippen LogP contribution in [0.2, 0.25) is 0 Å². The van der Waals surface area contributed by atoms with Crippen molar-refractivity contribution in [1.29, 1.82) is 0 Å². The van der Waals surface area contributed by atoms with Crippen LogP contribution < -0.4 is 0 Å². The highest BCUT2D eigenvalue weighted by Gasteiger charge is 2.59. The van der Waals surface area contributed by atoms with Crippen LogP contribution in [0.1, 0.15) is 89.7 Å². The van der Waals surface area contributed by atoms with Gasteiger partial charge in [0.05, 0.1) is 23.8 Å². The van der Waals surface area contributed by atoms with E-state index in [2.05, 4.69) is 23.6 Å². The number of carbonyl (C=O) groups excluding carboxylic acids is 1. The number of carbonyl (C=O) groups is 1. The molecule has 1 spiro atoms. The summed E-state index contributed by atoms with van der Waals surface area (Å²) in [6, 6.07) is 6.23. The summed E-state index contributed by atoms with van der Waals surface area (Å²) >= 11 is 0. The highest BCUT2D eigenvalue weighted by molar-refractivity contribution is 5.78. The van der Waals surface area contributed by atoms with Gasteiger partial charge < -0.3 is 14.7 Å². The summed E-state index contributed by atoms with van der Waals surface area (Å²) in [6.07, 6.45) is 2.83. The molecule has 4 fully saturated rings. The fraction of sp³-hybridized carbons (Fsp3) is 0.759. The maximum atomic E-state index is 13.1. The third-order valence-electron chi connectivity index (χ3n) is 9.64. The van der Waals surface area contributed by atoms with Gasteiger partial charge in [-0.3, -0.25) is 9.69 Å². The largest absolute Gasteiger partial charge is 0.416 e. The molecule has 4 atom stereocenters. The number of rotatable bonds is 5. The monoisotopic (exact) mass is 522 g/mol. The highest BCUT2D eigenvalue weighted by Crippen LogP contribution is 2.51. The zero-order valence-electron chi connectivity index (χ0n) is 22.3. The van der Waals surface area contributed by atoms with Gasteiger partial charge in [-0.2, -0.15) is 13.2 Å². The highest BCUT2D eigenvalue weighted by atomic mass is 19.4. The van der Waals surface area contributed by atoms with Crippen LogP contribution in [0, 0.1) is 11.8 Å². The van der Waals surface area contributed by atoms with Crippen LogP contribution in [0.4, 0.5) is 13.2 Å². The summed E-state index contributed by atoms with van der Waals surface area (Å²) in [5.41, 5.74) is -0.901. The first-order chi connectivity index (χ1) is 17.4. The van der Waals surface area contributed by atoms with Crippen LogP contribution in [-0.2, 0) is 22.3 Å². The summed E-state index contributed by atoms with van der Waals surface area (Å²) in [4.78, 5) is 17.6. The van der Waals surface area contributed by atoms with Crippen molar-refractivity contribution < 1.29 is 27.8 Å². The van der Waals surface area contributed by atoms with Crippen LogP contribution in [0.3, 0.4) is 0 Å². The fourth-order valence-electron chi connectivity index (χ4n) is 7.44. The summed E-state index contributed by atoms with van der Waals surface area (Å²) in [7, 11) is 0. The molecule has 5 nitrogen and oxygen atoms in total. The van der Waals surface area contributed by atoms with E-state index in [0.29, 0.717) is 25.5 Å². The minimum absolute atomic E-state index is 0.121. The Kier molecular flexibility index (Phi) is 7.16. The Morgan fingerprint density at radius 2 is 1.73 bits per heavy atom. The number of nitrogens with zero attached hydrogens (tertiary/aromatic N) is 2. The number of ether oxygens (including phenoxy) is 1. The zero-order valence-corrected chi connectivity index (χ0v) is 22.3. The average molecular weight is 523 g/mol. The van der Waals surface area contributed by atoms with E-state index in [0.717, 1.165) is 56.9 Å². The predicted octanol–water partition coefficient (Wildman–Crippen LogP) is 5.74. The van der Waals surface area contributed by atoms with Gasteiger partial charge in [-0.05, 0) is 81.9 Å². The summed E-state index contributed by atoms with van der Waals surface area (Å²) in [5.74, 6) is 0.808. The number of amides is 1. The molecule has 1 aromatic rings. The second-order valence-electron chi connectivity index (χ2n) is 12.5. The van der Waals surface area contributed by atoms with Crippen molar-refractivity contribution in [3.63, 3.8) is 0 Å². The summed E-state index contributed by atoms with van der Waals surface area (Å²) < 4.78 is 45.9. The Morgan fingerprint density at radius 1 is 1.08 bits per heavy atom. The lowest BCUT2D eigenvalue weighted by atomic mass is 9.71. The summed E-state index contributed by atoms with van der Waals surface area (Å²) in [6.45, 7) is 7.38. The Labute approximate surface area is 218 Å². The lowest BCUT2D eigenvalue weighted by Gasteiger charge is -2.55. The Bertz CT molecular complexity index is 970. The van der Waals surface area contributed by atoms with Crippen LogP contribution in [-0.4, -0.2) is 56.9 Å². The molecule has 0 radical (unpaired) electrons. The molecule has 1 amide bonds. The van der Waals surface area contributed by atoms with Crippen LogP contribution in [0.25, 0.3) is 0 Å². The minimum atomic E-state index is -4.34. The number of piperidine rings is 1. The average Bonchev–Trinajstić information content (AvgIpc) is 3.24. The van der Waals surface area contributed by atoms with Crippen molar-refractivity contribution in [2.75, 3.05) is 6.61 Å². The van der Waals surface area contributed by atoms with Crippen molar-refractivity contribution in [3.05, 3.63) is 35.4 Å². The predicted molar refractivity (Wildman–Crippen MR) is 134 cm³/mol. The normalized spacial score (nSPS) is 36.7. The Hall–Kier alpha value is -1.64. The molecule has 4 aliphatic rings. The SMILES string of the molecule is CC(C)[C@H]1CO[C@]23CC[C@H](N(Cc4ccc(C(F)(F)F)cc4)C4CCC(C)(O)CC4)C[C@H]2CCC(=O)N13. The van der Waals surface area contributed by atoms with Gasteiger partial charge in [-0.25, -0.2) is 0 Å². The molecule has 1 N–H and O–H groups in total. The van der Waals surface area contributed by atoms with E-state index in [1.165, 1.54) is 12.1 Å². The Morgan fingerprint density at radius 3 is 2.35 bits per heavy atom. The molecular weight excluding hydrogens is 481 g/mol. The molecule has 0 unspecified atom stereocenters. The molecule has 2 aliphatic carbocycles. The van der Waals surface area contributed by atoms with E-state index < -0.39 is 23.1 Å². The minimum Gasteiger partial charge on any atom is -0.390 e. The number of halogens is 3. The first kappa shape index (κ1) is 26.9. The van der Waals surface area contributed by atoms with E-state index in [1.54, 1.807) is 12.1 Å². The van der Waals surface area contributed by atoms with Gasteiger partial charge in [-0.1, -0.05) is 26.0 Å². The smallest absolute Gasteiger partial charge is 0.390 e. The van der Waals surface area contributed by atoms with Crippen molar-refractivity contribution in [2.45, 2.75) is 121 Å². The van der Waals surface area contributed by atoms with E-state index in [9.17, 15) is 23.1 Å². The molecule has 37 heavy (non-hydrogen) atoms. The number of alkyl halides is 3. The van der Waals surface area contributed by atoms with E-state index in [-0.39, 0.29) is 30.0 Å². The lowest BCUT2D eigenvalue weighted by molar-refractivity contribution is -0.193. The molecule has 5 rings (SSSR count). The standard InChI is InChI=1S/C29H41F3N2O3/c1-19(2)25-18-37-28-15-12-24(16-22(28)8-9-26(35)34(25)28)33(23-10-13-27(3,36)14-11-23)17-20-4-6-21(7-5-20)29(30,31)32/h4-7,19,22-25,36H,8-18H2,1-3H3/t22-,23?,24+,25-,27?,28-/m1/s1. The van der Waals surface area contributed by atoms with Crippen LogP contribution >= 0.6 is 0 Å². The Balaban J connectivity index is 1.37. The van der Waals surface area contributed by atoms with E-state index >= 15 is 0 Å². The van der Waals surface area contributed by atoms with Gasteiger partial charge in [0.1, 0.15) is 5.72 Å². The second kappa shape index (κ2) is 9.83. The van der Waals surface area contributed by atoms with Gasteiger partial charge in [0.25, 0.3) is 0 Å². The third-order valence-corrected chi connectivity index (χ3v) is 9.64. The van der Waals surface area contributed by atoms with Crippen LogP contribution in [0.5, 0.6) is 0 Å². The molecule has 2 saturated carbocycles. The van der Waals surface area contributed by atoms with Crippen molar-refractivity contribution in [2.24, 2.45) is 11.8 Å². The molecule has 2 saturated heterocycles. The number of benzene rings is 1. The van der Waals surface area contributed by atoms with Gasteiger partial charge in [0, 0.05) is 31.0 Å². The van der Waals surface area contributed by atoms with Crippen molar-refractivity contribution in [3.8, 4) is 0 Å². The molecule has 2 aliphatic heterocycles. The van der Waals surface area contributed by atoms with E-state index in [4.69, 9.17) is 4.74 Å². The first-order valence-electron chi connectivity index (χ1n) is 14.0. The van der Waals surface area contributed by atoms with Gasteiger partial charge in [0.2, 0.25) is 5.91 Å². The molecule has 8 heteroatoms. The number of aliphatic hydroxyl groups is 1. The molecular formula is C29H41F3N2O3. The maximum Gasteiger partial charge on any atom is 0.416 e. The quantitative estimate of drug-likeness (QED) is 0.536. The second-order valence-corrected chi connectivity index (χ2v) is 12.5. The fourth-order valence-corrected chi connectivity index (χ4v) is 7.44. The van der Waals surface area contributed by atoms with Gasteiger partial charge in [0.15, 0.2) is 0 Å². The summed E-state index contributed by atoms with van der Waals surface area (Å²) in [5, 5.41) is 10.6. The number of hydrogen-bond donors (Lipinski definition) is 1. The molecule has 1 aromatic carbocycles. The van der Waals surface area contributed by atoms with E-state index in [1.807, 2.05) is 6.92 Å². The van der Waals surface area contributed by atoms with Gasteiger partial charge >= 0.3 is 6.18 Å². The molecule has 206 valence electrons. The van der Waals surface area contributed by atoms with Gasteiger partial charge in [-0.15, -0.1) is 0 Å². The molecule has 2 heterocycles. The third kappa shape index (κ3) is 5.18.